The number of ether oxygens (including phenoxy) is 1. The van der Waals surface area contributed by atoms with Crippen molar-refractivity contribution in [2.75, 3.05) is 38.2 Å². The van der Waals surface area contributed by atoms with Crippen LogP contribution < -0.4 is 5.32 Å². The minimum Gasteiger partial charge on any atom is -0.377 e. The van der Waals surface area contributed by atoms with Gasteiger partial charge in [-0.05, 0) is 74.5 Å². The lowest BCUT2D eigenvalue weighted by Crippen LogP contribution is -2.36. The SMILES string of the molecule is O=C(Nc1ccc(F)cc1)c1cncnc1CC1CCN(CC2=CCCOC2)CC1. The summed E-state index contributed by atoms with van der Waals surface area (Å²) >= 11 is 0. The molecule has 1 fully saturated rings. The molecule has 0 saturated carbocycles. The molecule has 6 nitrogen and oxygen atoms in total. The Morgan fingerprint density at radius 1 is 1.23 bits per heavy atom. The van der Waals surface area contributed by atoms with Gasteiger partial charge in [-0.2, -0.15) is 0 Å². The van der Waals surface area contributed by atoms with Crippen LogP contribution in [0.4, 0.5) is 10.1 Å². The maximum absolute atomic E-state index is 13.1. The molecule has 2 aromatic rings. The zero-order valence-electron chi connectivity index (χ0n) is 17.0. The number of nitrogens with zero attached hydrogens (tertiary/aromatic N) is 3. The van der Waals surface area contributed by atoms with Gasteiger partial charge in [0.1, 0.15) is 12.1 Å². The highest BCUT2D eigenvalue weighted by Crippen LogP contribution is 2.23. The number of benzene rings is 1. The molecule has 7 heteroatoms. The number of hydrogen-bond donors (Lipinski definition) is 1. The summed E-state index contributed by atoms with van der Waals surface area (Å²) in [7, 11) is 0. The maximum atomic E-state index is 13.1. The standard InChI is InChI=1S/C23H27FN4O2/c24-19-3-5-20(6-4-19)27-23(29)21-13-25-16-26-22(21)12-17-7-9-28(10-8-17)14-18-2-1-11-30-15-18/h2-6,13,16-17H,1,7-12,14-15H2,(H,27,29). The van der Waals surface area contributed by atoms with E-state index >= 15 is 0 Å². The molecule has 1 aromatic carbocycles. The number of rotatable bonds is 6. The summed E-state index contributed by atoms with van der Waals surface area (Å²) in [5, 5.41) is 2.80. The van der Waals surface area contributed by atoms with Gasteiger partial charge >= 0.3 is 0 Å². The van der Waals surface area contributed by atoms with Gasteiger partial charge in [0.15, 0.2) is 0 Å². The quantitative estimate of drug-likeness (QED) is 0.739. The van der Waals surface area contributed by atoms with E-state index in [0.717, 1.165) is 64.2 Å². The number of hydrogen-bond acceptors (Lipinski definition) is 5. The second-order valence-electron chi connectivity index (χ2n) is 7.97. The molecule has 2 aliphatic heterocycles. The van der Waals surface area contributed by atoms with Crippen LogP contribution in [0.1, 0.15) is 35.3 Å². The Labute approximate surface area is 176 Å². The summed E-state index contributed by atoms with van der Waals surface area (Å²) in [6.45, 7) is 4.68. The zero-order chi connectivity index (χ0) is 20.8. The number of anilines is 1. The van der Waals surface area contributed by atoms with Gasteiger partial charge in [-0.1, -0.05) is 6.08 Å². The van der Waals surface area contributed by atoms with E-state index < -0.39 is 0 Å². The van der Waals surface area contributed by atoms with Gasteiger partial charge in [0.25, 0.3) is 5.91 Å². The number of carbonyl (C=O) groups is 1. The molecule has 3 heterocycles. The van der Waals surface area contributed by atoms with Crippen LogP contribution in [-0.2, 0) is 11.2 Å². The summed E-state index contributed by atoms with van der Waals surface area (Å²) in [6.07, 6.45) is 9.30. The molecular weight excluding hydrogens is 383 g/mol. The Bertz CT molecular complexity index is 892. The molecule has 2 aliphatic rings. The highest BCUT2D eigenvalue weighted by atomic mass is 19.1. The first kappa shape index (κ1) is 20.6. The Hall–Kier alpha value is -2.64. The predicted octanol–water partition coefficient (Wildman–Crippen LogP) is 3.47. The van der Waals surface area contributed by atoms with Gasteiger partial charge in [0.2, 0.25) is 0 Å². The third kappa shape index (κ3) is 5.49. The lowest BCUT2D eigenvalue weighted by molar-refractivity contribution is 0.102. The van der Waals surface area contributed by atoms with Crippen LogP contribution >= 0.6 is 0 Å². The first-order chi connectivity index (χ1) is 14.7. The average Bonchev–Trinajstić information content (AvgIpc) is 2.78. The van der Waals surface area contributed by atoms with Crippen LogP contribution in [0.15, 0.2) is 48.4 Å². The normalized spacial score (nSPS) is 18.1. The highest BCUT2D eigenvalue weighted by molar-refractivity contribution is 6.04. The van der Waals surface area contributed by atoms with E-state index in [-0.39, 0.29) is 11.7 Å². The summed E-state index contributed by atoms with van der Waals surface area (Å²) in [4.78, 5) is 23.6. The van der Waals surface area contributed by atoms with Crippen LogP contribution in [0, 0.1) is 11.7 Å². The lowest BCUT2D eigenvalue weighted by atomic mass is 9.90. The smallest absolute Gasteiger partial charge is 0.259 e. The number of nitrogens with one attached hydrogen (secondary N) is 1. The second kappa shape index (κ2) is 9.91. The van der Waals surface area contributed by atoms with Crippen LogP contribution in [-0.4, -0.2) is 53.6 Å². The molecule has 1 aromatic heterocycles. The van der Waals surface area contributed by atoms with Crippen LogP contribution in [0.25, 0.3) is 0 Å². The van der Waals surface area contributed by atoms with Crippen LogP contribution in [0.5, 0.6) is 0 Å². The number of aromatic nitrogens is 2. The van der Waals surface area contributed by atoms with Gasteiger partial charge in [0.05, 0.1) is 24.5 Å². The van der Waals surface area contributed by atoms with Gasteiger partial charge in [-0.3, -0.25) is 9.69 Å². The van der Waals surface area contributed by atoms with Gasteiger partial charge < -0.3 is 10.1 Å². The molecule has 1 N–H and O–H groups in total. The molecule has 0 aliphatic carbocycles. The predicted molar refractivity (Wildman–Crippen MR) is 113 cm³/mol. The highest BCUT2D eigenvalue weighted by Gasteiger charge is 2.23. The topological polar surface area (TPSA) is 67.4 Å². The van der Waals surface area contributed by atoms with Crippen molar-refractivity contribution >= 4 is 11.6 Å². The van der Waals surface area contributed by atoms with Crippen molar-refractivity contribution in [2.45, 2.75) is 25.7 Å². The third-order valence-corrected chi connectivity index (χ3v) is 5.74. The van der Waals surface area contributed by atoms with E-state index in [4.69, 9.17) is 4.74 Å². The van der Waals surface area contributed by atoms with Crippen molar-refractivity contribution < 1.29 is 13.9 Å². The Kier molecular flexibility index (Phi) is 6.81. The zero-order valence-corrected chi connectivity index (χ0v) is 17.0. The second-order valence-corrected chi connectivity index (χ2v) is 7.97. The Morgan fingerprint density at radius 3 is 2.77 bits per heavy atom. The van der Waals surface area contributed by atoms with E-state index in [9.17, 15) is 9.18 Å². The molecule has 0 spiro atoms. The summed E-state index contributed by atoms with van der Waals surface area (Å²) in [5.74, 6) is -0.112. The molecule has 0 atom stereocenters. The summed E-state index contributed by atoms with van der Waals surface area (Å²) in [6, 6.07) is 5.72. The summed E-state index contributed by atoms with van der Waals surface area (Å²) < 4.78 is 18.6. The van der Waals surface area contributed by atoms with Crippen molar-refractivity contribution in [1.29, 1.82) is 0 Å². The molecule has 0 radical (unpaired) electrons. The summed E-state index contributed by atoms with van der Waals surface area (Å²) in [5.41, 5.74) is 3.18. The monoisotopic (exact) mass is 410 g/mol. The number of carbonyl (C=O) groups excluding carboxylic acids is 1. The molecule has 0 bridgehead atoms. The number of amides is 1. The van der Waals surface area contributed by atoms with Crippen molar-refractivity contribution in [3.63, 3.8) is 0 Å². The first-order valence-corrected chi connectivity index (χ1v) is 10.5. The molecular formula is C23H27FN4O2. The Balaban J connectivity index is 1.33. The van der Waals surface area contributed by atoms with E-state index in [1.165, 1.54) is 24.0 Å². The van der Waals surface area contributed by atoms with Gasteiger partial charge in [-0.25, -0.2) is 14.4 Å². The molecule has 0 unspecified atom stereocenters. The number of piperidine rings is 1. The third-order valence-electron chi connectivity index (χ3n) is 5.74. The molecule has 158 valence electrons. The van der Waals surface area contributed by atoms with Gasteiger partial charge in [-0.15, -0.1) is 0 Å². The fourth-order valence-corrected chi connectivity index (χ4v) is 4.07. The number of halogens is 1. The fourth-order valence-electron chi connectivity index (χ4n) is 4.07. The minimum absolute atomic E-state index is 0.265. The number of likely N-dealkylation sites (tertiary alicyclic amines) is 1. The van der Waals surface area contributed by atoms with E-state index in [0.29, 0.717) is 17.2 Å². The van der Waals surface area contributed by atoms with E-state index in [1.807, 2.05) is 0 Å². The van der Waals surface area contributed by atoms with Crippen molar-refractivity contribution in [3.8, 4) is 0 Å². The lowest BCUT2D eigenvalue weighted by Gasteiger charge is -2.33. The molecule has 4 rings (SSSR count). The van der Waals surface area contributed by atoms with E-state index in [1.54, 1.807) is 18.3 Å². The van der Waals surface area contributed by atoms with Crippen LogP contribution in [0.3, 0.4) is 0 Å². The molecule has 1 amide bonds. The molecule has 1 saturated heterocycles. The van der Waals surface area contributed by atoms with Gasteiger partial charge in [0, 0.05) is 18.4 Å². The maximum Gasteiger partial charge on any atom is 0.259 e. The largest absolute Gasteiger partial charge is 0.377 e. The van der Waals surface area contributed by atoms with Crippen molar-refractivity contribution in [3.05, 3.63) is 65.5 Å². The van der Waals surface area contributed by atoms with Crippen molar-refractivity contribution in [2.24, 2.45) is 5.92 Å². The Morgan fingerprint density at radius 2 is 2.03 bits per heavy atom. The molecule has 30 heavy (non-hydrogen) atoms. The van der Waals surface area contributed by atoms with Crippen LogP contribution in [0.2, 0.25) is 0 Å². The minimum atomic E-state index is -0.338. The van der Waals surface area contributed by atoms with E-state index in [2.05, 4.69) is 26.3 Å². The first-order valence-electron chi connectivity index (χ1n) is 10.5. The average molecular weight is 410 g/mol. The fraction of sp³-hybridized carbons (Fsp3) is 0.435. The van der Waals surface area contributed by atoms with Crippen molar-refractivity contribution in [1.82, 2.24) is 14.9 Å².